The maximum absolute atomic E-state index is 12.3. The molecule has 3 rings (SSSR count). The fourth-order valence-electron chi connectivity index (χ4n) is 1.86. The van der Waals surface area contributed by atoms with Crippen LogP contribution in [0.4, 0.5) is 0 Å². The van der Waals surface area contributed by atoms with Crippen LogP contribution in [-0.4, -0.2) is 16.5 Å². The van der Waals surface area contributed by atoms with Crippen molar-refractivity contribution in [1.82, 2.24) is 0 Å². The smallest absolute Gasteiger partial charge is 0.347 e. The Kier molecular flexibility index (Phi) is 2.85. The summed E-state index contributed by atoms with van der Waals surface area (Å²) in [5.41, 5.74) is 0.394. The number of cyclic esters (lactones) is 2. The number of hydrogen-bond acceptors (Lipinski definition) is 4. The van der Waals surface area contributed by atoms with Gasteiger partial charge in [-0.2, -0.15) is 0 Å². The SMILES string of the molecule is O=C1OC(=O)c2cc([S+]([O-])c3ccccc3)ccc21. The number of rotatable bonds is 2. The second-order valence-electron chi connectivity index (χ2n) is 3.97. The highest BCUT2D eigenvalue weighted by Gasteiger charge is 2.31. The van der Waals surface area contributed by atoms with Crippen LogP contribution in [0.3, 0.4) is 0 Å². The normalized spacial score (nSPS) is 15.0. The molecular weight excluding hydrogens is 264 g/mol. The highest BCUT2D eigenvalue weighted by atomic mass is 32.2. The lowest BCUT2D eigenvalue weighted by Crippen LogP contribution is -2.04. The topological polar surface area (TPSA) is 66.4 Å². The van der Waals surface area contributed by atoms with Gasteiger partial charge in [0.2, 0.25) is 0 Å². The lowest BCUT2D eigenvalue weighted by Gasteiger charge is -2.09. The first kappa shape index (κ1) is 12.0. The van der Waals surface area contributed by atoms with E-state index in [0.717, 1.165) is 0 Å². The van der Waals surface area contributed by atoms with Crippen LogP contribution in [0.5, 0.6) is 0 Å². The van der Waals surface area contributed by atoms with Crippen LogP contribution >= 0.6 is 0 Å². The van der Waals surface area contributed by atoms with E-state index in [4.69, 9.17) is 0 Å². The zero-order valence-corrected chi connectivity index (χ0v) is 10.5. The van der Waals surface area contributed by atoms with Gasteiger partial charge in [-0.1, -0.05) is 18.2 Å². The number of hydrogen-bond donors (Lipinski definition) is 0. The summed E-state index contributed by atoms with van der Waals surface area (Å²) in [5, 5.41) is 0. The number of esters is 2. The second-order valence-corrected chi connectivity index (χ2v) is 5.45. The van der Waals surface area contributed by atoms with Gasteiger partial charge in [0, 0.05) is 17.2 Å². The van der Waals surface area contributed by atoms with Crippen molar-refractivity contribution in [3.8, 4) is 0 Å². The minimum Gasteiger partial charge on any atom is -0.606 e. The summed E-state index contributed by atoms with van der Waals surface area (Å²) in [6, 6.07) is 13.4. The fourth-order valence-corrected chi connectivity index (χ4v) is 2.95. The van der Waals surface area contributed by atoms with Gasteiger partial charge in [0.05, 0.1) is 11.1 Å². The molecular formula is C14H8O4S. The van der Waals surface area contributed by atoms with Crippen molar-refractivity contribution >= 4 is 23.1 Å². The van der Waals surface area contributed by atoms with Crippen molar-refractivity contribution in [2.24, 2.45) is 0 Å². The number of fused-ring (bicyclic) bond motifs is 1. The summed E-state index contributed by atoms with van der Waals surface area (Å²) in [6.45, 7) is 0. The van der Waals surface area contributed by atoms with Crippen LogP contribution in [0.1, 0.15) is 20.7 Å². The van der Waals surface area contributed by atoms with Gasteiger partial charge < -0.3 is 9.29 Å². The van der Waals surface area contributed by atoms with E-state index < -0.39 is 23.1 Å². The van der Waals surface area contributed by atoms with Crippen LogP contribution in [0.15, 0.2) is 58.3 Å². The standard InChI is InChI=1S/C14H8O4S/c15-13-11-7-6-10(8-12(11)14(16)18-13)19(17)9-4-2-1-3-5-9/h1-8H. The molecule has 2 aromatic carbocycles. The summed E-state index contributed by atoms with van der Waals surface area (Å²) >= 11 is -1.38. The highest BCUT2D eigenvalue weighted by molar-refractivity contribution is 7.91. The molecule has 4 nitrogen and oxygen atoms in total. The first-order valence-electron chi connectivity index (χ1n) is 5.54. The van der Waals surface area contributed by atoms with E-state index in [1.54, 1.807) is 30.3 Å². The van der Waals surface area contributed by atoms with E-state index in [0.29, 0.717) is 9.79 Å². The maximum Gasteiger partial charge on any atom is 0.347 e. The number of ether oxygens (including phenoxy) is 1. The van der Waals surface area contributed by atoms with E-state index in [1.165, 1.54) is 12.1 Å². The van der Waals surface area contributed by atoms with Crippen LogP contribution in [-0.2, 0) is 15.9 Å². The van der Waals surface area contributed by atoms with Gasteiger partial charge in [-0.25, -0.2) is 9.59 Å². The molecule has 1 atom stereocenters. The van der Waals surface area contributed by atoms with Crippen molar-refractivity contribution in [3.05, 3.63) is 59.7 Å². The van der Waals surface area contributed by atoms with Gasteiger partial charge in [0.15, 0.2) is 9.79 Å². The molecule has 1 heterocycles. The van der Waals surface area contributed by atoms with Gasteiger partial charge in [0.1, 0.15) is 0 Å². The van der Waals surface area contributed by atoms with Crippen LogP contribution in [0.25, 0.3) is 0 Å². The number of carbonyl (C=O) groups excluding carboxylic acids is 2. The maximum atomic E-state index is 12.3. The molecule has 0 radical (unpaired) electrons. The lowest BCUT2D eigenvalue weighted by molar-refractivity contribution is 0.0444. The van der Waals surface area contributed by atoms with Crippen LogP contribution in [0.2, 0.25) is 0 Å². The van der Waals surface area contributed by atoms with E-state index in [2.05, 4.69) is 4.74 Å². The van der Waals surface area contributed by atoms with Crippen molar-refractivity contribution in [1.29, 1.82) is 0 Å². The van der Waals surface area contributed by atoms with Gasteiger partial charge in [-0.05, 0) is 24.3 Å². The molecule has 0 aliphatic carbocycles. The molecule has 0 amide bonds. The van der Waals surface area contributed by atoms with Crippen molar-refractivity contribution in [2.75, 3.05) is 0 Å². The molecule has 0 fully saturated rings. The molecule has 0 saturated carbocycles. The zero-order valence-electron chi connectivity index (χ0n) is 9.66. The van der Waals surface area contributed by atoms with Crippen molar-refractivity contribution < 1.29 is 18.9 Å². The second kappa shape index (κ2) is 4.53. The van der Waals surface area contributed by atoms with Gasteiger partial charge >= 0.3 is 11.9 Å². The summed E-state index contributed by atoms with van der Waals surface area (Å²) in [4.78, 5) is 23.9. The molecule has 1 aliphatic heterocycles. The first-order chi connectivity index (χ1) is 9.16. The summed E-state index contributed by atoms with van der Waals surface area (Å²) in [6.07, 6.45) is 0. The molecule has 1 unspecified atom stereocenters. The van der Waals surface area contributed by atoms with Gasteiger partial charge in [-0.3, -0.25) is 0 Å². The van der Waals surface area contributed by atoms with E-state index in [1.807, 2.05) is 6.07 Å². The zero-order chi connectivity index (χ0) is 13.4. The Labute approximate surface area is 112 Å². The predicted octanol–water partition coefficient (Wildman–Crippen LogP) is 2.16. The Morgan fingerprint density at radius 3 is 2.26 bits per heavy atom. The molecule has 94 valence electrons. The quantitative estimate of drug-likeness (QED) is 0.477. The Balaban J connectivity index is 2.02. The minimum atomic E-state index is -1.38. The van der Waals surface area contributed by atoms with E-state index in [9.17, 15) is 14.1 Å². The molecule has 5 heteroatoms. The summed E-state index contributed by atoms with van der Waals surface area (Å²) in [7, 11) is 0. The molecule has 1 aliphatic rings. The Morgan fingerprint density at radius 2 is 1.53 bits per heavy atom. The van der Waals surface area contributed by atoms with Crippen molar-refractivity contribution in [2.45, 2.75) is 9.79 Å². The third-order valence-electron chi connectivity index (χ3n) is 2.79. The average Bonchev–Trinajstić information content (AvgIpc) is 2.74. The van der Waals surface area contributed by atoms with E-state index >= 15 is 0 Å². The molecule has 0 bridgehead atoms. The third-order valence-corrected chi connectivity index (χ3v) is 4.17. The molecule has 0 N–H and O–H groups in total. The first-order valence-corrected chi connectivity index (χ1v) is 6.69. The number of carbonyl (C=O) groups is 2. The molecule has 0 saturated heterocycles. The average molecular weight is 272 g/mol. The Morgan fingerprint density at radius 1 is 0.842 bits per heavy atom. The van der Waals surface area contributed by atoms with Gasteiger partial charge in [0.25, 0.3) is 0 Å². The summed E-state index contributed by atoms with van der Waals surface area (Å²) in [5.74, 6) is -1.34. The van der Waals surface area contributed by atoms with E-state index in [-0.39, 0.29) is 11.1 Å². The largest absolute Gasteiger partial charge is 0.606 e. The molecule has 0 aromatic heterocycles. The summed E-state index contributed by atoms with van der Waals surface area (Å²) < 4.78 is 16.8. The molecule has 2 aromatic rings. The fraction of sp³-hybridized carbons (Fsp3) is 0. The third kappa shape index (κ3) is 2.03. The predicted molar refractivity (Wildman–Crippen MR) is 67.3 cm³/mol. The minimum absolute atomic E-state index is 0.173. The highest BCUT2D eigenvalue weighted by Crippen LogP contribution is 2.26. The monoisotopic (exact) mass is 272 g/mol. The Hall–Kier alpha value is -2.11. The van der Waals surface area contributed by atoms with Crippen LogP contribution < -0.4 is 0 Å². The lowest BCUT2D eigenvalue weighted by atomic mass is 10.1. The van der Waals surface area contributed by atoms with Gasteiger partial charge in [-0.15, -0.1) is 0 Å². The molecule has 19 heavy (non-hydrogen) atoms. The Bertz CT molecular complexity index is 666. The van der Waals surface area contributed by atoms with Crippen molar-refractivity contribution in [3.63, 3.8) is 0 Å². The number of benzene rings is 2. The molecule has 0 spiro atoms. The van der Waals surface area contributed by atoms with Crippen LogP contribution in [0, 0.1) is 0 Å².